The lowest BCUT2D eigenvalue weighted by atomic mass is 9.79. The Morgan fingerprint density at radius 2 is 1.95 bits per heavy atom. The second-order valence-corrected chi connectivity index (χ2v) is 6.42. The minimum absolute atomic E-state index is 0.0999. The molecule has 0 aliphatic carbocycles. The van der Waals surface area contributed by atoms with E-state index in [9.17, 15) is 9.90 Å². The third-order valence-electron chi connectivity index (χ3n) is 3.43. The summed E-state index contributed by atoms with van der Waals surface area (Å²) in [4.78, 5) is 11.9. The van der Waals surface area contributed by atoms with Gasteiger partial charge in [-0.1, -0.05) is 28.1 Å². The fourth-order valence-electron chi connectivity index (χ4n) is 2.52. The van der Waals surface area contributed by atoms with Crippen molar-refractivity contribution in [3.05, 3.63) is 68.5 Å². The number of aliphatic hydroxyl groups excluding tert-OH is 1. The Balaban J connectivity index is 2.16. The van der Waals surface area contributed by atoms with Gasteiger partial charge in [0, 0.05) is 17.0 Å². The number of hydrogen-bond donors (Lipinski definition) is 2. The van der Waals surface area contributed by atoms with Crippen LogP contribution in [-0.2, 0) is 10.3 Å². The maximum absolute atomic E-state index is 11.9. The van der Waals surface area contributed by atoms with Gasteiger partial charge in [-0.15, -0.1) is 0 Å². The number of carbonyl (C=O) groups is 1. The molecule has 3 nitrogen and oxygen atoms in total. The van der Waals surface area contributed by atoms with Gasteiger partial charge >= 0.3 is 0 Å². The third kappa shape index (κ3) is 2.27. The SMILES string of the molecule is O=C1C=C(O)C[C@@](c2ccc(Br)cc2)(c2ccsc2)N1. The topological polar surface area (TPSA) is 49.3 Å². The zero-order valence-corrected chi connectivity index (χ0v) is 12.9. The van der Waals surface area contributed by atoms with Crippen molar-refractivity contribution in [2.24, 2.45) is 0 Å². The molecule has 1 atom stereocenters. The second kappa shape index (κ2) is 5.07. The molecule has 1 aliphatic heterocycles. The predicted octanol–water partition coefficient (Wildman–Crippen LogP) is 3.72. The molecule has 1 aromatic carbocycles. The number of carbonyl (C=O) groups excluding carboxylic acids is 1. The first kappa shape index (κ1) is 13.4. The maximum atomic E-state index is 11.9. The van der Waals surface area contributed by atoms with E-state index >= 15 is 0 Å². The molecule has 1 amide bonds. The highest BCUT2D eigenvalue weighted by molar-refractivity contribution is 9.10. The number of halogens is 1. The van der Waals surface area contributed by atoms with Gasteiger partial charge < -0.3 is 10.4 Å². The van der Waals surface area contributed by atoms with E-state index in [2.05, 4.69) is 21.2 Å². The minimum atomic E-state index is -0.698. The van der Waals surface area contributed by atoms with E-state index in [-0.39, 0.29) is 11.7 Å². The molecule has 0 unspecified atom stereocenters. The van der Waals surface area contributed by atoms with E-state index in [0.717, 1.165) is 15.6 Å². The highest BCUT2D eigenvalue weighted by Gasteiger charge is 2.39. The Hall–Kier alpha value is -1.59. The van der Waals surface area contributed by atoms with Gasteiger partial charge in [0.2, 0.25) is 5.91 Å². The van der Waals surface area contributed by atoms with Crippen LogP contribution < -0.4 is 5.32 Å². The molecule has 2 aromatic rings. The molecule has 1 aliphatic rings. The van der Waals surface area contributed by atoms with E-state index in [0.29, 0.717) is 6.42 Å². The molecule has 20 heavy (non-hydrogen) atoms. The summed E-state index contributed by atoms with van der Waals surface area (Å²) in [5, 5.41) is 16.9. The number of thiophene rings is 1. The van der Waals surface area contributed by atoms with Crippen LogP contribution in [-0.4, -0.2) is 11.0 Å². The highest BCUT2D eigenvalue weighted by Crippen LogP contribution is 2.38. The first-order valence-corrected chi connectivity index (χ1v) is 7.84. The van der Waals surface area contributed by atoms with Gasteiger partial charge in [-0.05, 0) is 40.1 Å². The van der Waals surface area contributed by atoms with Crippen LogP contribution in [0.15, 0.2) is 57.4 Å². The van der Waals surface area contributed by atoms with E-state index in [1.54, 1.807) is 11.3 Å². The molecule has 0 saturated carbocycles. The summed E-state index contributed by atoms with van der Waals surface area (Å²) in [6, 6.07) is 9.77. The summed E-state index contributed by atoms with van der Waals surface area (Å²) in [6.07, 6.45) is 1.60. The summed E-state index contributed by atoms with van der Waals surface area (Å²) in [7, 11) is 0. The van der Waals surface area contributed by atoms with Crippen LogP contribution >= 0.6 is 27.3 Å². The van der Waals surface area contributed by atoms with Crippen molar-refractivity contribution in [1.82, 2.24) is 5.32 Å². The lowest BCUT2D eigenvalue weighted by molar-refractivity contribution is -0.119. The molecule has 5 heteroatoms. The van der Waals surface area contributed by atoms with Crippen LogP contribution in [0.3, 0.4) is 0 Å². The lowest BCUT2D eigenvalue weighted by Gasteiger charge is -2.37. The van der Waals surface area contributed by atoms with Crippen LogP contribution in [0, 0.1) is 0 Å². The molecule has 2 heterocycles. The lowest BCUT2D eigenvalue weighted by Crippen LogP contribution is -2.48. The summed E-state index contributed by atoms with van der Waals surface area (Å²) < 4.78 is 0.976. The molecule has 1 aromatic heterocycles. The molecule has 102 valence electrons. The average Bonchev–Trinajstić information content (AvgIpc) is 2.92. The van der Waals surface area contributed by atoms with Gasteiger partial charge in [-0.3, -0.25) is 4.79 Å². The van der Waals surface area contributed by atoms with Crippen molar-refractivity contribution in [3.8, 4) is 0 Å². The Kier molecular flexibility index (Phi) is 3.40. The number of benzene rings is 1. The van der Waals surface area contributed by atoms with Crippen LogP contribution in [0.4, 0.5) is 0 Å². The molecule has 0 bridgehead atoms. The summed E-state index contributed by atoms with van der Waals surface area (Å²) in [5.41, 5.74) is 1.24. The Labute approximate surface area is 129 Å². The fraction of sp³-hybridized carbons (Fsp3) is 0.133. The Morgan fingerprint density at radius 1 is 1.20 bits per heavy atom. The van der Waals surface area contributed by atoms with Gasteiger partial charge in [0.25, 0.3) is 0 Å². The minimum Gasteiger partial charge on any atom is -0.512 e. The number of rotatable bonds is 2. The average molecular weight is 350 g/mol. The summed E-state index contributed by atoms with van der Waals surface area (Å²) in [6.45, 7) is 0. The van der Waals surface area contributed by atoms with Crippen LogP contribution in [0.25, 0.3) is 0 Å². The van der Waals surface area contributed by atoms with Crippen molar-refractivity contribution in [3.63, 3.8) is 0 Å². The normalized spacial score (nSPS) is 22.2. The van der Waals surface area contributed by atoms with Gasteiger partial charge in [0.15, 0.2) is 0 Å². The van der Waals surface area contributed by atoms with Crippen molar-refractivity contribution in [2.75, 3.05) is 0 Å². The van der Waals surface area contributed by atoms with Gasteiger partial charge in [0.1, 0.15) is 5.76 Å². The monoisotopic (exact) mass is 349 g/mol. The predicted molar refractivity (Wildman–Crippen MR) is 82.7 cm³/mol. The maximum Gasteiger partial charge on any atom is 0.248 e. The van der Waals surface area contributed by atoms with Gasteiger partial charge in [-0.2, -0.15) is 11.3 Å². The first-order chi connectivity index (χ1) is 9.60. The van der Waals surface area contributed by atoms with Crippen LogP contribution in [0.5, 0.6) is 0 Å². The molecule has 0 fully saturated rings. The molecule has 2 N–H and O–H groups in total. The zero-order chi connectivity index (χ0) is 14.2. The second-order valence-electron chi connectivity index (χ2n) is 4.73. The smallest absolute Gasteiger partial charge is 0.248 e. The van der Waals surface area contributed by atoms with Crippen molar-refractivity contribution >= 4 is 33.2 Å². The number of nitrogens with one attached hydrogen (secondary N) is 1. The molecule has 0 spiro atoms. The van der Waals surface area contributed by atoms with Crippen LogP contribution in [0.1, 0.15) is 17.5 Å². The highest BCUT2D eigenvalue weighted by atomic mass is 79.9. The third-order valence-corrected chi connectivity index (χ3v) is 4.64. The largest absolute Gasteiger partial charge is 0.512 e. The van der Waals surface area contributed by atoms with E-state index in [1.807, 2.05) is 41.1 Å². The van der Waals surface area contributed by atoms with Crippen molar-refractivity contribution in [1.29, 1.82) is 0 Å². The first-order valence-electron chi connectivity index (χ1n) is 6.10. The quantitative estimate of drug-likeness (QED) is 0.867. The molecular formula is C15H12BrNO2S. The van der Waals surface area contributed by atoms with E-state index in [4.69, 9.17) is 0 Å². The van der Waals surface area contributed by atoms with Gasteiger partial charge in [-0.25, -0.2) is 0 Å². The van der Waals surface area contributed by atoms with Crippen molar-refractivity contribution < 1.29 is 9.90 Å². The Morgan fingerprint density at radius 3 is 2.55 bits per heavy atom. The van der Waals surface area contributed by atoms with Gasteiger partial charge in [0.05, 0.1) is 5.54 Å². The molecule has 3 rings (SSSR count). The number of aliphatic hydroxyl groups is 1. The Bertz CT molecular complexity index is 664. The van der Waals surface area contributed by atoms with E-state index < -0.39 is 5.54 Å². The molecule has 0 radical (unpaired) electrons. The van der Waals surface area contributed by atoms with Crippen LogP contribution in [0.2, 0.25) is 0 Å². The van der Waals surface area contributed by atoms with Crippen molar-refractivity contribution in [2.45, 2.75) is 12.0 Å². The number of amides is 1. The number of hydrogen-bond acceptors (Lipinski definition) is 3. The molecular weight excluding hydrogens is 338 g/mol. The fourth-order valence-corrected chi connectivity index (χ4v) is 3.52. The zero-order valence-electron chi connectivity index (χ0n) is 10.5. The summed E-state index contributed by atoms with van der Waals surface area (Å²) >= 11 is 4.98. The molecule has 0 saturated heterocycles. The summed E-state index contributed by atoms with van der Waals surface area (Å²) in [5.74, 6) is -0.175. The van der Waals surface area contributed by atoms with E-state index in [1.165, 1.54) is 6.08 Å². The standard InChI is InChI=1S/C15H12BrNO2S/c16-12-3-1-10(2-4-12)15(11-5-6-20-9-11)8-13(18)7-14(19)17-15/h1-7,9,18H,8H2,(H,17,19)/t15-/m1/s1.